The van der Waals surface area contributed by atoms with E-state index in [-0.39, 0.29) is 23.7 Å². The molecule has 1 aromatic heterocycles. The zero-order valence-electron chi connectivity index (χ0n) is 14.4. The van der Waals surface area contributed by atoms with E-state index in [9.17, 15) is 4.79 Å². The quantitative estimate of drug-likeness (QED) is 0.893. The Morgan fingerprint density at radius 2 is 2.00 bits per heavy atom. The van der Waals surface area contributed by atoms with Crippen molar-refractivity contribution in [2.45, 2.75) is 50.3 Å². The number of carbonyl (C=O) groups is 1. The molecule has 2 aromatic rings. The van der Waals surface area contributed by atoms with Gasteiger partial charge in [-0.2, -0.15) is 0 Å². The molecule has 0 radical (unpaired) electrons. The van der Waals surface area contributed by atoms with E-state index in [4.69, 9.17) is 4.74 Å². The van der Waals surface area contributed by atoms with Gasteiger partial charge in [0.15, 0.2) is 0 Å². The van der Waals surface area contributed by atoms with Crippen molar-refractivity contribution in [1.29, 1.82) is 0 Å². The third-order valence-electron chi connectivity index (χ3n) is 5.32. The lowest BCUT2D eigenvalue weighted by molar-refractivity contribution is -0.0355. The Bertz CT molecular complexity index is 759. The van der Waals surface area contributed by atoms with Crippen LogP contribution in [0.1, 0.15) is 55.8 Å². The Balaban J connectivity index is 1.47. The molecule has 2 heterocycles. The number of amides is 2. The number of nitrogens with one attached hydrogen (secondary N) is 2. The van der Waals surface area contributed by atoms with Crippen LogP contribution in [0.15, 0.2) is 48.8 Å². The first kappa shape index (κ1) is 15.9. The van der Waals surface area contributed by atoms with Gasteiger partial charge in [-0.3, -0.25) is 4.98 Å². The molecular weight excluding hydrogens is 314 g/mol. The summed E-state index contributed by atoms with van der Waals surface area (Å²) < 4.78 is 6.24. The summed E-state index contributed by atoms with van der Waals surface area (Å²) in [5.74, 6) is 0.904. The second-order valence-electron chi connectivity index (χ2n) is 7.05. The number of nitrogens with zero attached hydrogens (tertiary/aromatic N) is 1. The lowest BCUT2D eigenvalue weighted by atomic mass is 9.73. The van der Waals surface area contributed by atoms with Gasteiger partial charge in [-0.05, 0) is 49.9 Å². The molecule has 2 atom stereocenters. The molecular formula is C20H23N3O2. The van der Waals surface area contributed by atoms with E-state index >= 15 is 0 Å². The van der Waals surface area contributed by atoms with Gasteiger partial charge in [-0.15, -0.1) is 0 Å². The van der Waals surface area contributed by atoms with Gasteiger partial charge in [-0.1, -0.05) is 18.2 Å². The van der Waals surface area contributed by atoms with Crippen molar-refractivity contribution < 1.29 is 9.53 Å². The molecule has 130 valence electrons. The highest BCUT2D eigenvalue weighted by atomic mass is 16.5. The number of rotatable bonds is 3. The minimum atomic E-state index is -0.152. The minimum absolute atomic E-state index is 0.0186. The molecule has 2 amide bonds. The Morgan fingerprint density at radius 3 is 2.72 bits per heavy atom. The zero-order chi connectivity index (χ0) is 17.3. The number of fused-ring (bicyclic) bond motifs is 1. The first-order valence-electron chi connectivity index (χ1n) is 8.90. The van der Waals surface area contributed by atoms with E-state index in [1.165, 1.54) is 6.42 Å². The first-order chi connectivity index (χ1) is 12.2. The molecule has 1 aromatic carbocycles. The van der Waals surface area contributed by atoms with Gasteiger partial charge in [0.1, 0.15) is 11.4 Å². The van der Waals surface area contributed by atoms with Gasteiger partial charge in [0.25, 0.3) is 0 Å². The van der Waals surface area contributed by atoms with Crippen molar-refractivity contribution in [1.82, 2.24) is 15.6 Å². The average Bonchev–Trinajstić information content (AvgIpc) is 2.61. The SMILES string of the molecule is C[C@@H](NC(=O)N[C@H]1CC2(CCC2)Oc2ccccc21)c1ccncc1. The molecule has 0 unspecified atom stereocenters. The second-order valence-corrected chi connectivity index (χ2v) is 7.05. The molecule has 0 bridgehead atoms. The number of ether oxygens (including phenoxy) is 1. The highest BCUT2D eigenvalue weighted by Gasteiger charge is 2.45. The molecule has 0 saturated heterocycles. The molecule has 5 nitrogen and oxygen atoms in total. The van der Waals surface area contributed by atoms with Crippen molar-refractivity contribution in [2.24, 2.45) is 0 Å². The molecule has 1 saturated carbocycles. The summed E-state index contributed by atoms with van der Waals surface area (Å²) in [6, 6.07) is 11.6. The monoisotopic (exact) mass is 337 g/mol. The van der Waals surface area contributed by atoms with Crippen LogP contribution in [0.2, 0.25) is 0 Å². The molecule has 1 fully saturated rings. The molecule has 25 heavy (non-hydrogen) atoms. The lowest BCUT2D eigenvalue weighted by Crippen LogP contribution is -2.51. The predicted octanol–water partition coefficient (Wildman–Crippen LogP) is 3.89. The van der Waals surface area contributed by atoms with Crippen LogP contribution in [0.25, 0.3) is 0 Å². The van der Waals surface area contributed by atoms with Crippen molar-refractivity contribution in [2.75, 3.05) is 0 Å². The number of urea groups is 1. The maximum absolute atomic E-state index is 12.5. The third-order valence-corrected chi connectivity index (χ3v) is 5.32. The molecule has 4 rings (SSSR count). The van der Waals surface area contributed by atoms with E-state index in [1.807, 2.05) is 43.3 Å². The highest BCUT2D eigenvalue weighted by molar-refractivity contribution is 5.75. The maximum atomic E-state index is 12.5. The fourth-order valence-corrected chi connectivity index (χ4v) is 3.76. The number of pyridine rings is 1. The summed E-state index contributed by atoms with van der Waals surface area (Å²) in [5, 5.41) is 6.17. The Labute approximate surface area is 147 Å². The summed E-state index contributed by atoms with van der Waals surface area (Å²) in [5.41, 5.74) is 2.00. The summed E-state index contributed by atoms with van der Waals surface area (Å²) in [4.78, 5) is 16.6. The number of hydrogen-bond acceptors (Lipinski definition) is 3. The van der Waals surface area contributed by atoms with Gasteiger partial charge in [0.2, 0.25) is 0 Å². The van der Waals surface area contributed by atoms with E-state index in [0.717, 1.165) is 36.1 Å². The average molecular weight is 337 g/mol. The first-order valence-corrected chi connectivity index (χ1v) is 8.90. The van der Waals surface area contributed by atoms with Crippen LogP contribution >= 0.6 is 0 Å². The van der Waals surface area contributed by atoms with E-state index < -0.39 is 0 Å². The van der Waals surface area contributed by atoms with Crippen LogP contribution in [0.5, 0.6) is 5.75 Å². The number of para-hydroxylation sites is 1. The van der Waals surface area contributed by atoms with Gasteiger partial charge < -0.3 is 15.4 Å². The number of hydrogen-bond donors (Lipinski definition) is 2. The fourth-order valence-electron chi connectivity index (χ4n) is 3.76. The summed E-state index contributed by atoms with van der Waals surface area (Å²) in [7, 11) is 0. The minimum Gasteiger partial charge on any atom is -0.487 e. The lowest BCUT2D eigenvalue weighted by Gasteiger charge is -2.48. The largest absolute Gasteiger partial charge is 0.487 e. The summed E-state index contributed by atoms with van der Waals surface area (Å²) in [6.45, 7) is 1.97. The Hall–Kier alpha value is -2.56. The van der Waals surface area contributed by atoms with Crippen LogP contribution in [-0.2, 0) is 0 Å². The van der Waals surface area contributed by atoms with Crippen LogP contribution in [0.4, 0.5) is 4.79 Å². The highest BCUT2D eigenvalue weighted by Crippen LogP contribution is 2.48. The van der Waals surface area contributed by atoms with Crippen molar-refractivity contribution in [3.63, 3.8) is 0 Å². The van der Waals surface area contributed by atoms with Gasteiger partial charge in [0, 0.05) is 24.4 Å². The van der Waals surface area contributed by atoms with Crippen LogP contribution < -0.4 is 15.4 Å². The van der Waals surface area contributed by atoms with Gasteiger partial charge in [0.05, 0.1) is 12.1 Å². The van der Waals surface area contributed by atoms with Crippen LogP contribution in [0.3, 0.4) is 0 Å². The van der Waals surface area contributed by atoms with E-state index in [1.54, 1.807) is 12.4 Å². The Kier molecular flexibility index (Phi) is 4.07. The number of benzene rings is 1. The number of carbonyl (C=O) groups excluding carboxylic acids is 1. The maximum Gasteiger partial charge on any atom is 0.315 e. The molecule has 2 N–H and O–H groups in total. The third kappa shape index (κ3) is 3.18. The number of aromatic nitrogens is 1. The fraction of sp³-hybridized carbons (Fsp3) is 0.400. The zero-order valence-corrected chi connectivity index (χ0v) is 14.4. The van der Waals surface area contributed by atoms with Gasteiger partial charge >= 0.3 is 6.03 Å². The second kappa shape index (κ2) is 6.39. The molecule has 1 aliphatic heterocycles. The Morgan fingerprint density at radius 1 is 1.24 bits per heavy atom. The smallest absolute Gasteiger partial charge is 0.315 e. The normalized spacial score (nSPS) is 21.4. The topological polar surface area (TPSA) is 63.2 Å². The van der Waals surface area contributed by atoms with Gasteiger partial charge in [-0.25, -0.2) is 4.79 Å². The predicted molar refractivity (Wildman–Crippen MR) is 95.3 cm³/mol. The van der Waals surface area contributed by atoms with Crippen molar-refractivity contribution in [3.05, 3.63) is 59.9 Å². The summed E-state index contributed by atoms with van der Waals surface area (Å²) >= 11 is 0. The van der Waals surface area contributed by atoms with Crippen LogP contribution in [-0.4, -0.2) is 16.6 Å². The van der Waals surface area contributed by atoms with E-state index in [0.29, 0.717) is 0 Å². The van der Waals surface area contributed by atoms with E-state index in [2.05, 4.69) is 15.6 Å². The standard InChI is InChI=1S/C20H23N3O2/c1-14(15-7-11-21-12-8-15)22-19(24)23-17-13-20(9-4-10-20)25-18-6-3-2-5-16(17)18/h2-3,5-8,11-12,14,17H,4,9-10,13H2,1H3,(H2,22,23,24)/t14-,17+/m1/s1. The van der Waals surface area contributed by atoms with Crippen molar-refractivity contribution in [3.8, 4) is 5.75 Å². The van der Waals surface area contributed by atoms with Crippen molar-refractivity contribution >= 4 is 6.03 Å². The summed E-state index contributed by atoms with van der Waals surface area (Å²) in [6.07, 6.45) is 7.63. The molecule has 5 heteroatoms. The molecule has 1 aliphatic carbocycles. The molecule has 2 aliphatic rings. The molecule has 1 spiro atoms. The van der Waals surface area contributed by atoms with Crippen LogP contribution in [0, 0.1) is 0 Å².